The standard InChI is InChI=1S/C54H66N4O12S2/c1-33-34(2)50-40(35(3)49(33)62)24-25-54(8,70-50)51(63)56-26-13-14-36-30-37(52(4,5)42-31-38(71(64,65)66)18-20-41(36)42)15-12-16-45-53(6,7)43-32-39(72(67,68)69)19-21-44(43)57(45)28-11-9-10-17-46(59)55-27-29-58-47(60)22-23-48(58)61/h12,15-16,18-23,30-32,36,62H,9-11,13-14,17,24-29H2,1-8H3,(H,55,59)(H,56,63)(H,64,65,66)(H,67,68,69)/b15-12+,45-16+. The Morgan fingerprint density at radius 1 is 0.778 bits per heavy atom. The maximum atomic E-state index is 13.8. The van der Waals surface area contributed by atoms with Crippen molar-refractivity contribution in [3.8, 4) is 11.5 Å². The van der Waals surface area contributed by atoms with Gasteiger partial charge in [-0.15, -0.1) is 0 Å². The first-order valence-electron chi connectivity index (χ1n) is 24.4. The molecule has 0 saturated heterocycles. The van der Waals surface area contributed by atoms with Crippen LogP contribution >= 0.6 is 0 Å². The number of phenols is 1. The fraction of sp³-hybridized carbons (Fsp3) is 0.444. The van der Waals surface area contributed by atoms with E-state index in [4.69, 9.17) is 4.74 Å². The molecule has 0 fully saturated rings. The van der Waals surface area contributed by atoms with Crippen LogP contribution < -0.4 is 20.3 Å². The topological polar surface area (TPSA) is 237 Å². The number of allylic oxidation sites excluding steroid dienone is 6. The summed E-state index contributed by atoms with van der Waals surface area (Å²) in [4.78, 5) is 52.7. The van der Waals surface area contributed by atoms with Crippen molar-refractivity contribution in [2.75, 3.05) is 31.1 Å². The molecule has 3 aliphatic heterocycles. The van der Waals surface area contributed by atoms with Gasteiger partial charge in [0.1, 0.15) is 11.5 Å². The van der Waals surface area contributed by atoms with E-state index in [1.54, 1.807) is 19.1 Å². The van der Waals surface area contributed by atoms with Gasteiger partial charge in [0.05, 0.1) is 9.79 Å². The third kappa shape index (κ3) is 10.8. The maximum Gasteiger partial charge on any atom is 0.294 e. The minimum absolute atomic E-state index is 0.0865. The number of nitrogens with one attached hydrogen (secondary N) is 2. The highest BCUT2D eigenvalue weighted by Gasteiger charge is 2.42. The molecule has 3 heterocycles. The van der Waals surface area contributed by atoms with Gasteiger partial charge in [0.15, 0.2) is 5.60 Å². The smallest absolute Gasteiger partial charge is 0.294 e. The highest BCUT2D eigenvalue weighted by Crippen LogP contribution is 2.50. The molecule has 0 aromatic heterocycles. The lowest BCUT2D eigenvalue weighted by Crippen LogP contribution is -2.51. The summed E-state index contributed by atoms with van der Waals surface area (Å²) in [5.74, 6) is -0.560. The van der Waals surface area contributed by atoms with Crippen molar-refractivity contribution in [1.29, 1.82) is 0 Å². The minimum Gasteiger partial charge on any atom is -0.507 e. The second-order valence-corrected chi connectivity index (χ2v) is 23.3. The SMILES string of the molecule is Cc1c(C)c2c(c(C)c1O)CCC(C)(C(=O)NCCCC1C=C(/C=C/C=C3/N(CCCCCC(=O)NCCN4C(=O)C=CC4=O)c4ccc(S(=O)(=O)O)cc4C3(C)C)C(C)(C)c3cc(S(=O)(=O)O)ccc31)O2. The lowest BCUT2D eigenvalue weighted by Gasteiger charge is -2.37. The Labute approximate surface area is 422 Å². The van der Waals surface area contributed by atoms with Crippen molar-refractivity contribution in [1.82, 2.24) is 15.5 Å². The van der Waals surface area contributed by atoms with E-state index in [1.165, 1.54) is 36.4 Å². The zero-order valence-corrected chi connectivity index (χ0v) is 43.9. The van der Waals surface area contributed by atoms with Gasteiger partial charge in [-0.1, -0.05) is 58.4 Å². The predicted molar refractivity (Wildman–Crippen MR) is 273 cm³/mol. The number of hydrogen-bond donors (Lipinski definition) is 5. The predicted octanol–water partition coefficient (Wildman–Crippen LogP) is 7.63. The van der Waals surface area contributed by atoms with Gasteiger partial charge in [-0.3, -0.25) is 33.2 Å². The zero-order valence-electron chi connectivity index (χ0n) is 42.2. The summed E-state index contributed by atoms with van der Waals surface area (Å²) in [7, 11) is -9.03. The molecule has 3 aromatic carbocycles. The molecule has 2 unspecified atom stereocenters. The van der Waals surface area contributed by atoms with Gasteiger partial charge in [0.25, 0.3) is 38.0 Å². The number of carbonyl (C=O) groups excluding carboxylic acids is 4. The fourth-order valence-electron chi connectivity index (χ4n) is 10.4. The number of rotatable bonds is 18. The van der Waals surface area contributed by atoms with Crippen LogP contribution in [0.1, 0.15) is 124 Å². The number of unbranched alkanes of at least 4 members (excludes halogenated alkanes) is 2. The highest BCUT2D eigenvalue weighted by molar-refractivity contribution is 7.86. The molecule has 18 heteroatoms. The van der Waals surface area contributed by atoms with Crippen LogP contribution in [0.2, 0.25) is 0 Å². The first-order chi connectivity index (χ1) is 33.7. The normalized spacial score (nSPS) is 20.6. The summed E-state index contributed by atoms with van der Waals surface area (Å²) in [6.45, 7) is 16.4. The molecule has 72 heavy (non-hydrogen) atoms. The molecule has 7 rings (SSSR count). The zero-order chi connectivity index (χ0) is 52.7. The summed E-state index contributed by atoms with van der Waals surface area (Å²) >= 11 is 0. The number of ether oxygens (including phenoxy) is 1. The highest BCUT2D eigenvalue weighted by atomic mass is 32.2. The Hall–Kier alpha value is -6.08. The minimum atomic E-state index is -4.53. The first-order valence-corrected chi connectivity index (χ1v) is 27.3. The molecule has 2 atom stereocenters. The Balaban J connectivity index is 1.08. The van der Waals surface area contributed by atoms with Crippen LogP contribution in [0.3, 0.4) is 0 Å². The molecule has 0 saturated carbocycles. The van der Waals surface area contributed by atoms with Crippen LogP contribution in [0.15, 0.2) is 93.9 Å². The largest absolute Gasteiger partial charge is 0.507 e. The molecule has 4 amide bonds. The van der Waals surface area contributed by atoms with E-state index < -0.39 is 48.5 Å². The summed E-state index contributed by atoms with van der Waals surface area (Å²) in [6, 6.07) is 9.22. The number of nitrogens with zero attached hydrogens (tertiary/aromatic N) is 2. The summed E-state index contributed by atoms with van der Waals surface area (Å²) in [5.41, 5.74) is 5.46. The van der Waals surface area contributed by atoms with Gasteiger partial charge in [0, 0.05) is 84.9 Å². The molecule has 4 aliphatic rings. The lowest BCUT2D eigenvalue weighted by atomic mass is 9.67. The molecule has 16 nitrogen and oxygen atoms in total. The number of aromatic hydroxyl groups is 1. The van der Waals surface area contributed by atoms with Crippen LogP contribution in [0.4, 0.5) is 5.69 Å². The van der Waals surface area contributed by atoms with E-state index in [9.17, 15) is 50.2 Å². The molecule has 3 aromatic rings. The van der Waals surface area contributed by atoms with Crippen LogP contribution in [-0.2, 0) is 56.7 Å². The molecular weight excluding hydrogens is 961 g/mol. The monoisotopic (exact) mass is 1030 g/mol. The average molecular weight is 1030 g/mol. The van der Waals surface area contributed by atoms with Crippen molar-refractivity contribution in [3.63, 3.8) is 0 Å². The van der Waals surface area contributed by atoms with Crippen molar-refractivity contribution >= 4 is 49.6 Å². The van der Waals surface area contributed by atoms with E-state index in [2.05, 4.69) is 21.6 Å². The molecule has 386 valence electrons. The number of anilines is 1. The maximum absolute atomic E-state index is 13.8. The summed E-state index contributed by atoms with van der Waals surface area (Å²) in [6.07, 6.45) is 14.8. The van der Waals surface area contributed by atoms with E-state index in [-0.39, 0.29) is 52.8 Å². The van der Waals surface area contributed by atoms with E-state index >= 15 is 0 Å². The summed E-state index contributed by atoms with van der Waals surface area (Å²) in [5, 5.41) is 16.5. The molecule has 0 radical (unpaired) electrons. The molecule has 5 N–H and O–H groups in total. The van der Waals surface area contributed by atoms with Crippen molar-refractivity contribution in [2.24, 2.45) is 0 Å². The van der Waals surface area contributed by atoms with Crippen molar-refractivity contribution in [2.45, 2.75) is 139 Å². The van der Waals surface area contributed by atoms with E-state index in [0.29, 0.717) is 69.3 Å². The number of fused-ring (bicyclic) bond motifs is 3. The van der Waals surface area contributed by atoms with E-state index in [1.807, 2.05) is 66.7 Å². The van der Waals surface area contributed by atoms with Crippen LogP contribution in [-0.4, -0.2) is 91.4 Å². The Kier molecular flexibility index (Phi) is 15.2. The number of amides is 4. The number of carbonyl (C=O) groups is 4. The van der Waals surface area contributed by atoms with Gasteiger partial charge < -0.3 is 25.4 Å². The van der Waals surface area contributed by atoms with Crippen LogP contribution in [0, 0.1) is 20.8 Å². The second-order valence-electron chi connectivity index (χ2n) is 20.5. The number of hydrogen-bond acceptors (Lipinski definition) is 11. The Bertz CT molecular complexity index is 3060. The third-order valence-electron chi connectivity index (χ3n) is 15.0. The molecular formula is C54H66N4O12S2. The average Bonchev–Trinajstić information content (AvgIpc) is 3.75. The Morgan fingerprint density at radius 3 is 2.10 bits per heavy atom. The van der Waals surface area contributed by atoms with Gasteiger partial charge >= 0.3 is 0 Å². The van der Waals surface area contributed by atoms with Crippen LogP contribution in [0.25, 0.3) is 0 Å². The van der Waals surface area contributed by atoms with E-state index in [0.717, 1.165) is 55.2 Å². The van der Waals surface area contributed by atoms with Gasteiger partial charge in [-0.05, 0) is 135 Å². The number of phenolic OH excluding ortho intramolecular Hbond substituents is 1. The number of imide groups is 1. The van der Waals surface area contributed by atoms with Gasteiger partial charge in [-0.2, -0.15) is 16.8 Å². The molecule has 1 aliphatic carbocycles. The lowest BCUT2D eigenvalue weighted by molar-refractivity contribution is -0.137. The van der Waals surface area contributed by atoms with Gasteiger partial charge in [-0.25, -0.2) is 0 Å². The second kappa shape index (κ2) is 20.4. The van der Waals surface area contributed by atoms with Crippen LogP contribution in [0.5, 0.6) is 11.5 Å². The van der Waals surface area contributed by atoms with Crippen molar-refractivity contribution < 1.29 is 55.0 Å². The third-order valence-corrected chi connectivity index (χ3v) is 16.7. The first kappa shape index (κ1) is 53.7. The number of benzene rings is 3. The summed E-state index contributed by atoms with van der Waals surface area (Å²) < 4.78 is 76.0. The van der Waals surface area contributed by atoms with Gasteiger partial charge in [0.2, 0.25) is 5.91 Å². The Morgan fingerprint density at radius 2 is 1.43 bits per heavy atom. The quantitative estimate of drug-likeness (QED) is 0.0469. The van der Waals surface area contributed by atoms with Crippen molar-refractivity contribution in [3.05, 3.63) is 123 Å². The fourth-order valence-corrected chi connectivity index (χ4v) is 11.4. The molecule has 0 bridgehead atoms. The molecule has 0 spiro atoms.